The fourth-order valence-electron chi connectivity index (χ4n) is 1.90. The number of hydrogen-bond donors (Lipinski definition) is 1. The molecule has 2 rings (SSSR count). The molecule has 0 bridgehead atoms. The third-order valence-corrected chi connectivity index (χ3v) is 2.82. The minimum Gasteiger partial charge on any atom is -0.480 e. The van der Waals surface area contributed by atoms with E-state index in [4.69, 9.17) is 16.3 Å². The summed E-state index contributed by atoms with van der Waals surface area (Å²) < 4.78 is 5.18. The summed E-state index contributed by atoms with van der Waals surface area (Å²) in [6.07, 6.45) is 3.55. The first kappa shape index (κ1) is 10.6. The first-order valence-corrected chi connectivity index (χ1v) is 5.49. The van der Waals surface area contributed by atoms with Gasteiger partial charge in [-0.05, 0) is 25.5 Å². The van der Waals surface area contributed by atoms with E-state index in [1.165, 1.54) is 12.8 Å². The summed E-state index contributed by atoms with van der Waals surface area (Å²) in [5, 5.41) is 11.5. The Morgan fingerprint density at radius 1 is 1.47 bits per heavy atom. The number of methoxy groups -OCH3 is 1. The summed E-state index contributed by atoms with van der Waals surface area (Å²) in [7, 11) is 1.60. The molecule has 1 aliphatic rings. The minimum atomic E-state index is 0.293. The van der Waals surface area contributed by atoms with Crippen molar-refractivity contribution in [3.8, 4) is 5.88 Å². The van der Waals surface area contributed by atoms with Gasteiger partial charge in [0.1, 0.15) is 0 Å². The highest BCUT2D eigenvalue weighted by molar-refractivity contribution is 6.29. The quantitative estimate of drug-likeness (QED) is 0.839. The van der Waals surface area contributed by atoms with Crippen molar-refractivity contribution >= 4 is 11.6 Å². The molecule has 0 radical (unpaired) electrons. The van der Waals surface area contributed by atoms with Crippen LogP contribution in [0.15, 0.2) is 6.07 Å². The minimum absolute atomic E-state index is 0.293. The molecule has 0 spiro atoms. The first-order valence-electron chi connectivity index (χ1n) is 5.12. The number of piperidine rings is 1. The van der Waals surface area contributed by atoms with Crippen molar-refractivity contribution < 1.29 is 4.74 Å². The topological polar surface area (TPSA) is 47.0 Å². The largest absolute Gasteiger partial charge is 0.480 e. The molecule has 1 fully saturated rings. The lowest BCUT2D eigenvalue weighted by Crippen LogP contribution is -2.27. The van der Waals surface area contributed by atoms with Crippen LogP contribution in [0.25, 0.3) is 0 Å². The predicted molar refractivity (Wildman–Crippen MR) is 58.2 cm³/mol. The third-order valence-electron chi connectivity index (χ3n) is 2.64. The van der Waals surface area contributed by atoms with Gasteiger partial charge in [-0.2, -0.15) is 0 Å². The first-order chi connectivity index (χ1) is 7.31. The Kier molecular flexibility index (Phi) is 3.38. The summed E-state index contributed by atoms with van der Waals surface area (Å²) in [5.41, 5.74) is 1.01. The summed E-state index contributed by atoms with van der Waals surface area (Å²) in [5.74, 6) is 0.568. The monoisotopic (exact) mass is 227 g/mol. The van der Waals surface area contributed by atoms with E-state index in [-0.39, 0.29) is 0 Å². The molecule has 1 N–H and O–H groups in total. The summed E-state index contributed by atoms with van der Waals surface area (Å²) >= 11 is 5.84. The number of aromatic nitrogens is 2. The van der Waals surface area contributed by atoms with Crippen LogP contribution in [-0.4, -0.2) is 23.9 Å². The van der Waals surface area contributed by atoms with Crippen LogP contribution in [0.5, 0.6) is 5.88 Å². The smallest absolute Gasteiger partial charge is 0.238 e. The zero-order valence-corrected chi connectivity index (χ0v) is 9.42. The number of halogens is 1. The van der Waals surface area contributed by atoms with Crippen molar-refractivity contribution in [2.24, 2.45) is 0 Å². The van der Waals surface area contributed by atoms with Gasteiger partial charge in [0.25, 0.3) is 0 Å². The molecule has 1 unspecified atom stereocenters. The van der Waals surface area contributed by atoms with E-state index in [9.17, 15) is 0 Å². The van der Waals surface area contributed by atoms with Gasteiger partial charge in [0, 0.05) is 11.6 Å². The molecular formula is C10H14ClN3O. The van der Waals surface area contributed by atoms with E-state index < -0.39 is 0 Å². The molecule has 1 aromatic heterocycles. The highest BCUT2D eigenvalue weighted by Gasteiger charge is 2.20. The fourth-order valence-corrected chi connectivity index (χ4v) is 2.05. The Bertz CT molecular complexity index is 339. The van der Waals surface area contributed by atoms with Crippen LogP contribution in [0.3, 0.4) is 0 Å². The number of rotatable bonds is 2. The van der Waals surface area contributed by atoms with Gasteiger partial charge in [-0.1, -0.05) is 18.0 Å². The molecule has 4 nitrogen and oxygen atoms in total. The van der Waals surface area contributed by atoms with E-state index >= 15 is 0 Å². The SMILES string of the molecule is COc1nnc(Cl)cc1C1CCCCN1. The third kappa shape index (κ3) is 2.38. The molecule has 15 heavy (non-hydrogen) atoms. The van der Waals surface area contributed by atoms with Crippen molar-refractivity contribution in [1.82, 2.24) is 15.5 Å². The summed E-state index contributed by atoms with van der Waals surface area (Å²) in [6.45, 7) is 1.04. The van der Waals surface area contributed by atoms with Gasteiger partial charge in [-0.15, -0.1) is 10.2 Å². The average Bonchev–Trinajstić information content (AvgIpc) is 2.30. The second-order valence-electron chi connectivity index (χ2n) is 3.63. The van der Waals surface area contributed by atoms with Crippen LogP contribution in [0, 0.1) is 0 Å². The molecule has 82 valence electrons. The van der Waals surface area contributed by atoms with E-state index in [2.05, 4.69) is 15.5 Å². The standard InChI is InChI=1S/C10H14ClN3O/c1-15-10-7(6-9(11)13-14-10)8-4-2-3-5-12-8/h6,8,12H,2-5H2,1H3. The summed E-state index contributed by atoms with van der Waals surface area (Å²) in [6, 6.07) is 2.12. The lowest BCUT2D eigenvalue weighted by atomic mass is 9.99. The van der Waals surface area contributed by atoms with Gasteiger partial charge in [-0.3, -0.25) is 0 Å². The maximum absolute atomic E-state index is 5.84. The molecule has 1 atom stereocenters. The highest BCUT2D eigenvalue weighted by atomic mass is 35.5. The Morgan fingerprint density at radius 2 is 2.33 bits per heavy atom. The normalized spacial score (nSPS) is 21.3. The van der Waals surface area contributed by atoms with Gasteiger partial charge in [-0.25, -0.2) is 0 Å². The number of ether oxygens (including phenoxy) is 1. The van der Waals surface area contributed by atoms with Gasteiger partial charge in [0.05, 0.1) is 7.11 Å². The highest BCUT2D eigenvalue weighted by Crippen LogP contribution is 2.29. The van der Waals surface area contributed by atoms with Gasteiger partial charge >= 0.3 is 0 Å². The maximum atomic E-state index is 5.84. The van der Waals surface area contributed by atoms with E-state index in [0.717, 1.165) is 18.5 Å². The van der Waals surface area contributed by atoms with Gasteiger partial charge < -0.3 is 10.1 Å². The number of hydrogen-bond acceptors (Lipinski definition) is 4. The van der Waals surface area contributed by atoms with Gasteiger partial charge in [0.15, 0.2) is 5.15 Å². The van der Waals surface area contributed by atoms with Crippen LogP contribution in [0.4, 0.5) is 0 Å². The lowest BCUT2D eigenvalue weighted by Gasteiger charge is -2.24. The molecule has 1 saturated heterocycles. The zero-order chi connectivity index (χ0) is 10.7. The van der Waals surface area contributed by atoms with E-state index in [1.807, 2.05) is 6.07 Å². The van der Waals surface area contributed by atoms with Crippen LogP contribution >= 0.6 is 11.6 Å². The molecule has 0 aromatic carbocycles. The molecule has 0 amide bonds. The molecule has 2 heterocycles. The Morgan fingerprint density at radius 3 is 3.00 bits per heavy atom. The molecule has 0 saturated carbocycles. The molecule has 0 aliphatic carbocycles. The fraction of sp³-hybridized carbons (Fsp3) is 0.600. The summed E-state index contributed by atoms with van der Waals surface area (Å²) in [4.78, 5) is 0. The van der Waals surface area contributed by atoms with Crippen molar-refractivity contribution in [3.05, 3.63) is 16.8 Å². The molecule has 1 aliphatic heterocycles. The number of nitrogens with one attached hydrogen (secondary N) is 1. The Hall–Kier alpha value is -0.870. The zero-order valence-electron chi connectivity index (χ0n) is 8.66. The molecular weight excluding hydrogens is 214 g/mol. The van der Waals surface area contributed by atoms with Crippen LogP contribution in [0.2, 0.25) is 5.15 Å². The molecule has 5 heteroatoms. The lowest BCUT2D eigenvalue weighted by molar-refractivity contribution is 0.358. The Labute approximate surface area is 94.0 Å². The van der Waals surface area contributed by atoms with E-state index in [1.54, 1.807) is 7.11 Å². The van der Waals surface area contributed by atoms with E-state index in [0.29, 0.717) is 17.1 Å². The van der Waals surface area contributed by atoms with Gasteiger partial charge in [0.2, 0.25) is 5.88 Å². The molecule has 1 aromatic rings. The van der Waals surface area contributed by atoms with Crippen molar-refractivity contribution in [2.45, 2.75) is 25.3 Å². The predicted octanol–water partition coefficient (Wildman–Crippen LogP) is 1.95. The van der Waals surface area contributed by atoms with Crippen LogP contribution in [0.1, 0.15) is 30.9 Å². The van der Waals surface area contributed by atoms with Crippen molar-refractivity contribution in [2.75, 3.05) is 13.7 Å². The second kappa shape index (κ2) is 4.77. The average molecular weight is 228 g/mol. The maximum Gasteiger partial charge on any atom is 0.238 e. The van der Waals surface area contributed by atoms with Crippen molar-refractivity contribution in [3.63, 3.8) is 0 Å². The second-order valence-corrected chi connectivity index (χ2v) is 4.02. The van der Waals surface area contributed by atoms with Crippen molar-refractivity contribution in [1.29, 1.82) is 0 Å². The van der Waals surface area contributed by atoms with Crippen LogP contribution < -0.4 is 10.1 Å². The Balaban J connectivity index is 2.27. The van der Waals surface area contributed by atoms with Crippen LogP contribution in [-0.2, 0) is 0 Å². The number of nitrogens with zero attached hydrogens (tertiary/aromatic N) is 2.